The van der Waals surface area contributed by atoms with E-state index in [-0.39, 0.29) is 6.61 Å². The molecule has 1 nitrogen and oxygen atoms in total. The Morgan fingerprint density at radius 2 is 1.44 bits per heavy atom. The first-order chi connectivity index (χ1) is 8.65. The summed E-state index contributed by atoms with van der Waals surface area (Å²) in [6, 6.07) is 7.83. The van der Waals surface area contributed by atoms with Gasteiger partial charge in [-0.2, -0.15) is 0 Å². The van der Waals surface area contributed by atoms with Gasteiger partial charge in [-0.15, -0.1) is 22.7 Å². The Bertz CT molecular complexity index is 409. The van der Waals surface area contributed by atoms with Crippen LogP contribution in [0.5, 0.6) is 0 Å². The highest BCUT2D eigenvalue weighted by atomic mass is 35.5. The summed E-state index contributed by atoms with van der Waals surface area (Å²) in [5, 5.41) is 8.49. The minimum Gasteiger partial charge on any atom is -0.396 e. The van der Waals surface area contributed by atoms with E-state index < -0.39 is 0 Å². The van der Waals surface area contributed by atoms with Gasteiger partial charge in [-0.3, -0.25) is 0 Å². The van der Waals surface area contributed by atoms with E-state index in [2.05, 4.69) is 13.0 Å². The summed E-state index contributed by atoms with van der Waals surface area (Å²) in [4.78, 5) is 2.53. The van der Waals surface area contributed by atoms with Crippen LogP contribution in [0.15, 0.2) is 24.3 Å². The molecular weight excluding hydrogens is 307 g/mol. The molecule has 0 aliphatic rings. The van der Waals surface area contributed by atoms with E-state index in [4.69, 9.17) is 28.3 Å². The molecule has 5 heteroatoms. The average Bonchev–Trinajstić information content (AvgIpc) is 2.90. The minimum absolute atomic E-state index is 0.205. The first-order valence-corrected chi connectivity index (χ1v) is 8.14. The topological polar surface area (TPSA) is 20.2 Å². The van der Waals surface area contributed by atoms with Crippen LogP contribution in [0, 0.1) is 0 Å². The van der Waals surface area contributed by atoms with Gasteiger partial charge < -0.3 is 5.11 Å². The van der Waals surface area contributed by atoms with E-state index in [9.17, 15) is 0 Å². The molecule has 0 radical (unpaired) electrons. The molecule has 2 aromatic heterocycles. The fraction of sp³-hybridized carbons (Fsp3) is 0.385. The molecule has 0 aliphatic carbocycles. The standard InChI is InChI=1S/C7H9ClS.C6H7ClOS/c1-2-3-6-4-5-7(8)9-6;7-6-2-1-5(9-6)3-4-8/h4-5H,2-3H2,1H3;1-2,8H,3-4H2. The number of hydrogen-bond donors (Lipinski definition) is 1. The maximum absolute atomic E-state index is 8.49. The molecule has 0 aliphatic heterocycles. The fourth-order valence-electron chi connectivity index (χ4n) is 1.33. The summed E-state index contributed by atoms with van der Waals surface area (Å²) in [5.41, 5.74) is 0. The summed E-state index contributed by atoms with van der Waals surface area (Å²) in [6.07, 6.45) is 3.09. The minimum atomic E-state index is 0.205. The molecule has 0 atom stereocenters. The van der Waals surface area contributed by atoms with Crippen molar-refractivity contribution in [3.05, 3.63) is 42.7 Å². The highest BCUT2D eigenvalue weighted by Gasteiger charge is 1.95. The Kier molecular flexibility index (Phi) is 7.95. The molecule has 0 fully saturated rings. The average molecular weight is 323 g/mol. The van der Waals surface area contributed by atoms with Crippen LogP contribution < -0.4 is 0 Å². The third-order valence-corrected chi connectivity index (χ3v) is 4.69. The Hall–Kier alpha value is -0.0600. The van der Waals surface area contributed by atoms with E-state index in [0.29, 0.717) is 0 Å². The van der Waals surface area contributed by atoms with E-state index in [0.717, 1.165) is 26.4 Å². The number of hydrogen-bond acceptors (Lipinski definition) is 3. The van der Waals surface area contributed by atoms with Gasteiger partial charge in [-0.05, 0) is 30.7 Å². The zero-order chi connectivity index (χ0) is 13.4. The maximum Gasteiger partial charge on any atom is 0.0931 e. The third kappa shape index (κ3) is 6.21. The molecule has 0 bridgehead atoms. The SMILES string of the molecule is CCCc1ccc(Cl)s1.OCCc1ccc(Cl)s1. The smallest absolute Gasteiger partial charge is 0.0931 e. The van der Waals surface area contributed by atoms with Crippen LogP contribution in [0.4, 0.5) is 0 Å². The summed E-state index contributed by atoms with van der Waals surface area (Å²) in [5.74, 6) is 0. The van der Waals surface area contributed by atoms with Crippen molar-refractivity contribution < 1.29 is 5.11 Å². The van der Waals surface area contributed by atoms with Crippen LogP contribution >= 0.6 is 45.9 Å². The van der Waals surface area contributed by atoms with Gasteiger partial charge in [0.2, 0.25) is 0 Å². The number of aliphatic hydroxyl groups is 1. The molecule has 2 heterocycles. The molecule has 0 amide bonds. The normalized spacial score (nSPS) is 10.0. The molecule has 0 unspecified atom stereocenters. The van der Waals surface area contributed by atoms with Crippen molar-refractivity contribution >= 4 is 45.9 Å². The van der Waals surface area contributed by atoms with Crippen molar-refractivity contribution in [2.45, 2.75) is 26.2 Å². The van der Waals surface area contributed by atoms with Crippen LogP contribution in [-0.2, 0) is 12.8 Å². The highest BCUT2D eigenvalue weighted by Crippen LogP contribution is 2.22. The van der Waals surface area contributed by atoms with Crippen molar-refractivity contribution in [1.82, 2.24) is 0 Å². The second-order valence-corrected chi connectivity index (χ2v) is 7.23. The molecule has 2 rings (SSSR count). The van der Waals surface area contributed by atoms with Crippen molar-refractivity contribution in [3.8, 4) is 0 Å². The van der Waals surface area contributed by atoms with Gasteiger partial charge in [0.25, 0.3) is 0 Å². The van der Waals surface area contributed by atoms with Crippen molar-refractivity contribution in [1.29, 1.82) is 0 Å². The van der Waals surface area contributed by atoms with Crippen LogP contribution in [0.2, 0.25) is 8.67 Å². The van der Waals surface area contributed by atoms with Crippen molar-refractivity contribution in [2.24, 2.45) is 0 Å². The molecule has 0 saturated carbocycles. The van der Waals surface area contributed by atoms with Gasteiger partial charge in [0.15, 0.2) is 0 Å². The van der Waals surface area contributed by atoms with Crippen LogP contribution in [0.25, 0.3) is 0 Å². The molecule has 0 saturated heterocycles. The number of thiophene rings is 2. The number of rotatable bonds is 4. The Balaban J connectivity index is 0.000000180. The summed E-state index contributed by atoms with van der Waals surface area (Å²) >= 11 is 14.5. The van der Waals surface area contributed by atoms with Gasteiger partial charge in [-0.25, -0.2) is 0 Å². The Labute approximate surface area is 126 Å². The van der Waals surface area contributed by atoms with Crippen molar-refractivity contribution in [3.63, 3.8) is 0 Å². The fourth-order valence-corrected chi connectivity index (χ4v) is 3.59. The largest absolute Gasteiger partial charge is 0.396 e. The summed E-state index contributed by atoms with van der Waals surface area (Å²) in [7, 11) is 0. The van der Waals surface area contributed by atoms with E-state index >= 15 is 0 Å². The molecule has 2 aromatic rings. The quantitative estimate of drug-likeness (QED) is 0.810. The first-order valence-electron chi connectivity index (χ1n) is 5.75. The first kappa shape index (κ1) is 16.0. The van der Waals surface area contributed by atoms with Crippen molar-refractivity contribution in [2.75, 3.05) is 6.61 Å². The lowest BCUT2D eigenvalue weighted by Crippen LogP contribution is -1.84. The van der Waals surface area contributed by atoms with Crippen LogP contribution in [0.3, 0.4) is 0 Å². The molecule has 0 spiro atoms. The lowest BCUT2D eigenvalue weighted by Gasteiger charge is -1.86. The Morgan fingerprint density at radius 3 is 1.78 bits per heavy atom. The number of aryl methyl sites for hydroxylation is 1. The van der Waals surface area contributed by atoms with E-state index in [1.807, 2.05) is 18.2 Å². The van der Waals surface area contributed by atoms with Gasteiger partial charge >= 0.3 is 0 Å². The lowest BCUT2D eigenvalue weighted by atomic mass is 10.3. The van der Waals surface area contributed by atoms with Gasteiger partial charge in [-0.1, -0.05) is 36.5 Å². The van der Waals surface area contributed by atoms with Crippen LogP contribution in [-0.4, -0.2) is 11.7 Å². The molecule has 0 aromatic carbocycles. The summed E-state index contributed by atoms with van der Waals surface area (Å²) < 4.78 is 1.69. The predicted molar refractivity (Wildman–Crippen MR) is 83.4 cm³/mol. The van der Waals surface area contributed by atoms with E-state index in [1.54, 1.807) is 11.3 Å². The molecular formula is C13H16Cl2OS2. The van der Waals surface area contributed by atoms with Gasteiger partial charge in [0.1, 0.15) is 0 Å². The maximum atomic E-state index is 8.49. The lowest BCUT2D eigenvalue weighted by molar-refractivity contribution is 0.300. The third-order valence-electron chi connectivity index (χ3n) is 2.11. The Morgan fingerprint density at radius 1 is 0.944 bits per heavy atom. The number of aliphatic hydroxyl groups excluding tert-OH is 1. The van der Waals surface area contributed by atoms with E-state index in [1.165, 1.54) is 22.6 Å². The molecule has 1 N–H and O–H groups in total. The zero-order valence-corrected chi connectivity index (χ0v) is 13.3. The molecule has 18 heavy (non-hydrogen) atoms. The van der Waals surface area contributed by atoms with Gasteiger partial charge in [0.05, 0.1) is 8.67 Å². The highest BCUT2D eigenvalue weighted by molar-refractivity contribution is 7.16. The molecule has 100 valence electrons. The predicted octanol–water partition coefficient (Wildman–Crippen LogP) is 5.29. The second-order valence-electron chi connectivity index (χ2n) is 3.64. The van der Waals surface area contributed by atoms with Gasteiger partial charge in [0, 0.05) is 22.8 Å². The number of halogens is 2. The zero-order valence-electron chi connectivity index (χ0n) is 10.2. The summed E-state index contributed by atoms with van der Waals surface area (Å²) in [6.45, 7) is 2.38. The monoisotopic (exact) mass is 322 g/mol. The van der Waals surface area contributed by atoms with Crippen LogP contribution in [0.1, 0.15) is 23.1 Å². The second kappa shape index (κ2) is 8.94.